The van der Waals surface area contributed by atoms with Gasteiger partial charge in [-0.15, -0.1) is 0 Å². The molecule has 1 unspecified atom stereocenters. The van der Waals surface area contributed by atoms with Gasteiger partial charge in [0.15, 0.2) is 5.76 Å². The molecule has 1 amide bonds. The van der Waals surface area contributed by atoms with Crippen molar-refractivity contribution in [1.29, 1.82) is 0 Å². The lowest BCUT2D eigenvalue weighted by Gasteiger charge is -2.29. The molecule has 4 nitrogen and oxygen atoms in total. The first-order valence-corrected chi connectivity index (χ1v) is 6.97. The molecule has 1 saturated heterocycles. The number of hydrogen-bond donors (Lipinski definition) is 1. The number of rotatable bonds is 2. The quantitative estimate of drug-likeness (QED) is 0.924. The van der Waals surface area contributed by atoms with E-state index in [9.17, 15) is 14.3 Å². The zero-order valence-electron chi connectivity index (χ0n) is 11.5. The molecule has 0 aliphatic carbocycles. The second kappa shape index (κ2) is 5.69. The molecule has 1 aliphatic rings. The van der Waals surface area contributed by atoms with E-state index in [-0.39, 0.29) is 17.5 Å². The summed E-state index contributed by atoms with van der Waals surface area (Å²) in [6.45, 7) is 0.917. The summed E-state index contributed by atoms with van der Waals surface area (Å²) in [5.74, 6) is -0.160. The van der Waals surface area contributed by atoms with Crippen LogP contribution >= 0.6 is 0 Å². The van der Waals surface area contributed by atoms with E-state index in [0.717, 1.165) is 6.42 Å². The van der Waals surface area contributed by atoms with Gasteiger partial charge in [0.25, 0.3) is 5.91 Å². The lowest BCUT2D eigenvalue weighted by molar-refractivity contribution is 0.0449. The van der Waals surface area contributed by atoms with E-state index in [1.165, 1.54) is 6.07 Å². The number of halogens is 1. The topological polar surface area (TPSA) is 53.7 Å². The fourth-order valence-corrected chi connectivity index (χ4v) is 2.55. The van der Waals surface area contributed by atoms with Crippen LogP contribution in [0.25, 0.3) is 11.3 Å². The van der Waals surface area contributed by atoms with Gasteiger partial charge >= 0.3 is 0 Å². The van der Waals surface area contributed by atoms with Crippen LogP contribution in [0.15, 0.2) is 40.8 Å². The first-order valence-electron chi connectivity index (χ1n) is 6.97. The first-order chi connectivity index (χ1) is 10.1. The molecule has 2 heterocycles. The van der Waals surface area contributed by atoms with Crippen molar-refractivity contribution in [3.8, 4) is 11.3 Å². The van der Waals surface area contributed by atoms with Crippen LogP contribution in [0.1, 0.15) is 23.4 Å². The number of aliphatic hydroxyl groups is 1. The van der Waals surface area contributed by atoms with E-state index in [4.69, 9.17) is 4.42 Å². The van der Waals surface area contributed by atoms with E-state index in [0.29, 0.717) is 30.8 Å². The highest BCUT2D eigenvalue weighted by atomic mass is 19.1. The summed E-state index contributed by atoms with van der Waals surface area (Å²) < 4.78 is 19.2. The molecule has 0 spiro atoms. The van der Waals surface area contributed by atoms with E-state index < -0.39 is 6.10 Å². The van der Waals surface area contributed by atoms with Crippen LogP contribution in [0.3, 0.4) is 0 Å². The van der Waals surface area contributed by atoms with Crippen molar-refractivity contribution in [2.75, 3.05) is 13.1 Å². The Morgan fingerprint density at radius 1 is 1.29 bits per heavy atom. The summed E-state index contributed by atoms with van der Waals surface area (Å²) in [5, 5.41) is 9.62. The van der Waals surface area contributed by atoms with Crippen LogP contribution in [0, 0.1) is 5.82 Å². The Kier molecular flexibility index (Phi) is 3.75. The molecule has 3 rings (SSSR count). The van der Waals surface area contributed by atoms with Gasteiger partial charge in [0.05, 0.1) is 11.7 Å². The van der Waals surface area contributed by atoms with E-state index >= 15 is 0 Å². The summed E-state index contributed by atoms with van der Waals surface area (Å²) in [5.41, 5.74) is 0.329. The van der Waals surface area contributed by atoms with Crippen molar-refractivity contribution in [2.45, 2.75) is 18.9 Å². The summed E-state index contributed by atoms with van der Waals surface area (Å²) in [6, 6.07) is 9.40. The normalized spacial score (nSPS) is 18.8. The van der Waals surface area contributed by atoms with Crippen LogP contribution in [0.2, 0.25) is 0 Å². The van der Waals surface area contributed by atoms with Crippen LogP contribution < -0.4 is 0 Å². The zero-order chi connectivity index (χ0) is 14.8. The Hall–Kier alpha value is -2.14. The number of amides is 1. The van der Waals surface area contributed by atoms with Gasteiger partial charge in [-0.25, -0.2) is 4.39 Å². The van der Waals surface area contributed by atoms with Crippen LogP contribution in [-0.2, 0) is 0 Å². The second-order valence-corrected chi connectivity index (χ2v) is 5.19. The van der Waals surface area contributed by atoms with Gasteiger partial charge in [-0.05, 0) is 37.1 Å². The lowest BCUT2D eigenvalue weighted by atomic mass is 10.1. The third kappa shape index (κ3) is 2.83. The minimum absolute atomic E-state index is 0.169. The molecule has 1 N–H and O–H groups in total. The fraction of sp³-hybridized carbons (Fsp3) is 0.312. The molecule has 110 valence electrons. The van der Waals surface area contributed by atoms with E-state index in [1.807, 2.05) is 0 Å². The molecular weight excluding hydrogens is 273 g/mol. The van der Waals surface area contributed by atoms with Gasteiger partial charge in [0, 0.05) is 13.1 Å². The van der Waals surface area contributed by atoms with Gasteiger partial charge in [-0.2, -0.15) is 0 Å². The number of carbonyl (C=O) groups excluding carboxylic acids is 1. The van der Waals surface area contributed by atoms with Crippen molar-refractivity contribution in [3.05, 3.63) is 48.0 Å². The highest BCUT2D eigenvalue weighted by Crippen LogP contribution is 2.25. The van der Waals surface area contributed by atoms with Crippen molar-refractivity contribution in [1.82, 2.24) is 4.90 Å². The van der Waals surface area contributed by atoms with Crippen LogP contribution in [0.4, 0.5) is 4.39 Å². The summed E-state index contributed by atoms with van der Waals surface area (Å²) in [7, 11) is 0. The molecule has 0 saturated carbocycles. The van der Waals surface area contributed by atoms with Crippen LogP contribution in [0.5, 0.6) is 0 Å². The summed E-state index contributed by atoms with van der Waals surface area (Å²) in [6.07, 6.45) is 1.000. The largest absolute Gasteiger partial charge is 0.451 e. The van der Waals surface area contributed by atoms with Gasteiger partial charge in [-0.1, -0.05) is 12.1 Å². The Morgan fingerprint density at radius 2 is 2.10 bits per heavy atom. The number of likely N-dealkylation sites (tertiary alicyclic amines) is 1. The van der Waals surface area contributed by atoms with Crippen molar-refractivity contribution < 1.29 is 18.7 Å². The summed E-state index contributed by atoms with van der Waals surface area (Å²) >= 11 is 0. The average molecular weight is 289 g/mol. The van der Waals surface area contributed by atoms with Crippen LogP contribution in [-0.4, -0.2) is 35.1 Å². The molecule has 5 heteroatoms. The number of furan rings is 1. The monoisotopic (exact) mass is 289 g/mol. The van der Waals surface area contributed by atoms with Crippen molar-refractivity contribution >= 4 is 5.91 Å². The third-order valence-electron chi connectivity index (χ3n) is 3.64. The molecular formula is C16H16FNO3. The standard InChI is InChI=1S/C16H16FNO3/c17-13-6-2-1-5-12(13)14-7-8-15(21-14)16(20)18-9-3-4-11(19)10-18/h1-2,5-8,11,19H,3-4,9-10H2. The number of hydrogen-bond acceptors (Lipinski definition) is 3. The van der Waals surface area contributed by atoms with Gasteiger partial charge in [-0.3, -0.25) is 4.79 Å². The Balaban J connectivity index is 1.82. The van der Waals surface area contributed by atoms with Gasteiger partial charge in [0.2, 0.25) is 0 Å². The minimum atomic E-state index is -0.483. The second-order valence-electron chi connectivity index (χ2n) is 5.19. The maximum absolute atomic E-state index is 13.7. The highest BCUT2D eigenvalue weighted by molar-refractivity contribution is 5.92. The molecule has 1 atom stereocenters. The maximum atomic E-state index is 13.7. The lowest BCUT2D eigenvalue weighted by Crippen LogP contribution is -2.42. The number of β-amino-alcohol motifs (C(OH)–C–C–N with tert-alkyl or cyclic N) is 1. The predicted molar refractivity (Wildman–Crippen MR) is 75.2 cm³/mol. The molecule has 1 aromatic carbocycles. The molecule has 0 radical (unpaired) electrons. The number of carbonyl (C=O) groups is 1. The molecule has 2 aromatic rings. The molecule has 1 aliphatic heterocycles. The van der Waals surface area contributed by atoms with Gasteiger partial charge < -0.3 is 14.4 Å². The Labute approximate surface area is 121 Å². The molecule has 21 heavy (non-hydrogen) atoms. The maximum Gasteiger partial charge on any atom is 0.289 e. The number of piperidine rings is 1. The number of aliphatic hydroxyl groups excluding tert-OH is 1. The van der Waals surface area contributed by atoms with Gasteiger partial charge in [0.1, 0.15) is 11.6 Å². The summed E-state index contributed by atoms with van der Waals surface area (Å²) in [4.78, 5) is 13.9. The minimum Gasteiger partial charge on any atom is -0.451 e. The SMILES string of the molecule is O=C(c1ccc(-c2ccccc2F)o1)N1CCCC(O)C1. The van der Waals surface area contributed by atoms with Crippen molar-refractivity contribution in [2.24, 2.45) is 0 Å². The fourth-order valence-electron chi connectivity index (χ4n) is 2.55. The number of benzene rings is 1. The van der Waals surface area contributed by atoms with Crippen molar-refractivity contribution in [3.63, 3.8) is 0 Å². The molecule has 0 bridgehead atoms. The molecule has 1 fully saturated rings. The number of nitrogens with zero attached hydrogens (tertiary/aromatic N) is 1. The highest BCUT2D eigenvalue weighted by Gasteiger charge is 2.25. The predicted octanol–water partition coefficient (Wildman–Crippen LogP) is 2.68. The first kappa shape index (κ1) is 13.8. The Morgan fingerprint density at radius 3 is 2.86 bits per heavy atom. The Bertz CT molecular complexity index is 652. The van der Waals surface area contributed by atoms with E-state index in [2.05, 4.69) is 0 Å². The zero-order valence-corrected chi connectivity index (χ0v) is 11.5. The van der Waals surface area contributed by atoms with E-state index in [1.54, 1.807) is 35.2 Å². The average Bonchev–Trinajstić information content (AvgIpc) is 2.96. The smallest absolute Gasteiger partial charge is 0.289 e. The molecule has 1 aromatic heterocycles. The third-order valence-corrected chi connectivity index (χ3v) is 3.64.